The minimum atomic E-state index is -0.909. The number of hydrogen-bond acceptors (Lipinski definition) is 6. The average molecular weight is 629 g/mol. The number of halogens is 2. The smallest absolute Gasteiger partial charge is 0.259 e. The normalized spacial score (nSPS) is 15.8. The van der Waals surface area contributed by atoms with E-state index in [1.165, 1.54) is 6.07 Å². The highest BCUT2D eigenvalue weighted by Crippen LogP contribution is 2.30. The lowest BCUT2D eigenvalue weighted by atomic mass is 9.84. The lowest BCUT2D eigenvalue weighted by molar-refractivity contribution is -0.127. The van der Waals surface area contributed by atoms with Gasteiger partial charge < -0.3 is 25.8 Å². The standard InChI is InChI=1S/C30H31BrClN3O5/c1-30(2,3)27(36)26(33)17-4-10-24(32)22(14-17)28(37)35-20-9-11-25(40-21-12-13-39-16-21)23(15-20)29(38)34-19-7-5-18(31)6-8-19/h4-11,14-15,21,26H,12-13,16,33H2,1-3H3,(H,34,38)(H,35,37). The van der Waals surface area contributed by atoms with E-state index in [1.807, 2.05) is 12.1 Å². The van der Waals surface area contributed by atoms with Gasteiger partial charge in [0.05, 0.1) is 35.4 Å². The molecule has 0 bridgehead atoms. The maximum Gasteiger partial charge on any atom is 0.259 e. The van der Waals surface area contributed by atoms with Gasteiger partial charge in [-0.2, -0.15) is 0 Å². The topological polar surface area (TPSA) is 120 Å². The number of anilines is 2. The summed E-state index contributed by atoms with van der Waals surface area (Å²) in [6.45, 7) is 6.38. The Kier molecular flexibility index (Phi) is 9.30. The minimum absolute atomic E-state index is 0.153. The minimum Gasteiger partial charge on any atom is -0.487 e. The molecule has 0 spiro atoms. The van der Waals surface area contributed by atoms with E-state index in [0.717, 1.165) is 4.47 Å². The summed E-state index contributed by atoms with van der Waals surface area (Å²) in [7, 11) is 0. The van der Waals surface area contributed by atoms with E-state index in [4.69, 9.17) is 26.8 Å². The van der Waals surface area contributed by atoms with Gasteiger partial charge in [-0.15, -0.1) is 0 Å². The van der Waals surface area contributed by atoms with Gasteiger partial charge in [0.2, 0.25) is 0 Å². The summed E-state index contributed by atoms with van der Waals surface area (Å²) in [6.07, 6.45) is 0.530. The van der Waals surface area contributed by atoms with Crippen LogP contribution in [0.4, 0.5) is 11.4 Å². The van der Waals surface area contributed by atoms with E-state index in [9.17, 15) is 14.4 Å². The van der Waals surface area contributed by atoms with Crippen LogP contribution in [0.2, 0.25) is 5.02 Å². The third-order valence-electron chi connectivity index (χ3n) is 6.38. The van der Waals surface area contributed by atoms with E-state index in [0.29, 0.717) is 42.3 Å². The van der Waals surface area contributed by atoms with Gasteiger partial charge in [0, 0.05) is 27.7 Å². The quantitative estimate of drug-likeness (QED) is 0.266. The Morgan fingerprint density at radius 2 is 1.62 bits per heavy atom. The number of Topliss-reactive ketones (excluding diaryl/α,β-unsaturated/α-hetero) is 1. The van der Waals surface area contributed by atoms with Crippen molar-refractivity contribution in [2.24, 2.45) is 11.1 Å². The zero-order valence-electron chi connectivity index (χ0n) is 22.4. The van der Waals surface area contributed by atoms with Gasteiger partial charge in [-0.05, 0) is 60.2 Å². The Morgan fingerprint density at radius 3 is 2.27 bits per heavy atom. The number of carbonyl (C=O) groups excluding carboxylic acids is 3. The fraction of sp³-hybridized carbons (Fsp3) is 0.300. The third-order valence-corrected chi connectivity index (χ3v) is 7.24. The van der Waals surface area contributed by atoms with Crippen LogP contribution in [-0.4, -0.2) is 36.9 Å². The molecule has 10 heteroatoms. The van der Waals surface area contributed by atoms with E-state index in [-0.39, 0.29) is 28.0 Å². The Hall–Kier alpha value is -3.24. The summed E-state index contributed by atoms with van der Waals surface area (Å²) in [5.41, 5.74) is 7.39. The van der Waals surface area contributed by atoms with Crippen LogP contribution < -0.4 is 21.1 Å². The molecule has 40 heavy (non-hydrogen) atoms. The fourth-order valence-corrected chi connectivity index (χ4v) is 4.60. The molecule has 0 aromatic heterocycles. The molecule has 210 valence electrons. The van der Waals surface area contributed by atoms with Crippen LogP contribution in [0, 0.1) is 5.41 Å². The lowest BCUT2D eigenvalue weighted by Gasteiger charge is -2.22. The van der Waals surface area contributed by atoms with Gasteiger partial charge >= 0.3 is 0 Å². The zero-order chi connectivity index (χ0) is 29.0. The molecule has 0 radical (unpaired) electrons. The summed E-state index contributed by atoms with van der Waals surface area (Å²) in [5.74, 6) is -0.709. The molecule has 2 unspecified atom stereocenters. The Bertz CT molecular complexity index is 1420. The number of hydrogen-bond donors (Lipinski definition) is 3. The summed E-state index contributed by atoms with van der Waals surface area (Å²) >= 11 is 9.73. The van der Waals surface area contributed by atoms with Crippen LogP contribution in [0.3, 0.4) is 0 Å². The average Bonchev–Trinajstić information content (AvgIpc) is 3.42. The van der Waals surface area contributed by atoms with Crippen LogP contribution in [-0.2, 0) is 9.53 Å². The second-order valence-electron chi connectivity index (χ2n) is 10.6. The third kappa shape index (κ3) is 7.28. The molecule has 4 N–H and O–H groups in total. The molecule has 3 aromatic carbocycles. The first-order valence-corrected chi connectivity index (χ1v) is 14.0. The Morgan fingerprint density at radius 1 is 0.975 bits per heavy atom. The van der Waals surface area contributed by atoms with Crippen molar-refractivity contribution in [1.29, 1.82) is 0 Å². The Balaban J connectivity index is 1.60. The Labute approximate surface area is 246 Å². The van der Waals surface area contributed by atoms with Gasteiger partial charge in [0.15, 0.2) is 5.78 Å². The van der Waals surface area contributed by atoms with Crippen LogP contribution in [0.5, 0.6) is 5.75 Å². The van der Waals surface area contributed by atoms with E-state index in [2.05, 4.69) is 26.6 Å². The lowest BCUT2D eigenvalue weighted by Crippen LogP contribution is -2.32. The predicted octanol–water partition coefficient (Wildman–Crippen LogP) is 6.39. The van der Waals surface area contributed by atoms with E-state index in [1.54, 1.807) is 63.2 Å². The number of carbonyl (C=O) groups is 3. The van der Waals surface area contributed by atoms with Crippen LogP contribution in [0.25, 0.3) is 0 Å². The maximum absolute atomic E-state index is 13.3. The number of nitrogens with one attached hydrogen (secondary N) is 2. The molecule has 1 aliphatic rings. The van der Waals surface area contributed by atoms with Crippen molar-refractivity contribution in [2.75, 3.05) is 23.8 Å². The largest absolute Gasteiger partial charge is 0.487 e. The van der Waals surface area contributed by atoms with Gasteiger partial charge in [-0.3, -0.25) is 14.4 Å². The molecule has 1 saturated heterocycles. The highest BCUT2D eigenvalue weighted by Gasteiger charge is 2.29. The first-order chi connectivity index (χ1) is 18.9. The van der Waals surface area contributed by atoms with Crippen molar-refractivity contribution < 1.29 is 23.9 Å². The van der Waals surface area contributed by atoms with Gasteiger partial charge in [-0.1, -0.05) is 54.4 Å². The van der Waals surface area contributed by atoms with Crippen LogP contribution >= 0.6 is 27.5 Å². The van der Waals surface area contributed by atoms with Gasteiger partial charge in [0.1, 0.15) is 11.9 Å². The molecular formula is C30H31BrClN3O5. The van der Waals surface area contributed by atoms with Crippen molar-refractivity contribution in [1.82, 2.24) is 0 Å². The van der Waals surface area contributed by atoms with E-state index >= 15 is 0 Å². The summed E-state index contributed by atoms with van der Waals surface area (Å²) in [5, 5.41) is 5.86. The molecule has 4 rings (SSSR count). The molecule has 1 fully saturated rings. The van der Waals surface area contributed by atoms with Crippen molar-refractivity contribution in [3.8, 4) is 5.75 Å². The molecule has 2 atom stereocenters. The molecule has 1 aliphatic heterocycles. The molecule has 0 aliphatic carbocycles. The number of amides is 2. The number of nitrogens with two attached hydrogens (primary N) is 1. The first-order valence-electron chi connectivity index (χ1n) is 12.8. The second-order valence-corrected chi connectivity index (χ2v) is 11.9. The molecular weight excluding hydrogens is 598 g/mol. The van der Waals surface area contributed by atoms with Gasteiger partial charge in [0.25, 0.3) is 11.8 Å². The van der Waals surface area contributed by atoms with Crippen LogP contribution in [0.15, 0.2) is 65.1 Å². The van der Waals surface area contributed by atoms with Crippen LogP contribution in [0.1, 0.15) is 59.5 Å². The highest BCUT2D eigenvalue weighted by atomic mass is 79.9. The molecule has 0 saturated carbocycles. The number of benzene rings is 3. The van der Waals surface area contributed by atoms with Gasteiger partial charge in [-0.25, -0.2) is 0 Å². The zero-order valence-corrected chi connectivity index (χ0v) is 24.8. The molecule has 3 aromatic rings. The number of ketones is 1. The SMILES string of the molecule is CC(C)(C)C(=O)C(N)c1ccc(Cl)c(C(=O)Nc2ccc(OC3CCOC3)c(C(=O)Nc3ccc(Br)cc3)c2)c1. The van der Waals surface area contributed by atoms with Crippen molar-refractivity contribution >= 4 is 56.5 Å². The van der Waals surface area contributed by atoms with Crippen molar-refractivity contribution in [2.45, 2.75) is 39.3 Å². The maximum atomic E-state index is 13.3. The highest BCUT2D eigenvalue weighted by molar-refractivity contribution is 9.10. The molecule has 8 nitrogen and oxygen atoms in total. The van der Waals surface area contributed by atoms with Crippen molar-refractivity contribution in [3.05, 3.63) is 86.8 Å². The summed E-state index contributed by atoms with van der Waals surface area (Å²) in [6, 6.07) is 15.8. The van der Waals surface area contributed by atoms with Crippen molar-refractivity contribution in [3.63, 3.8) is 0 Å². The number of ether oxygens (including phenoxy) is 2. The predicted molar refractivity (Wildman–Crippen MR) is 159 cm³/mol. The monoisotopic (exact) mass is 627 g/mol. The summed E-state index contributed by atoms with van der Waals surface area (Å²) in [4.78, 5) is 39.3. The number of rotatable bonds is 8. The first kappa shape index (κ1) is 29.7. The molecule has 2 amide bonds. The second kappa shape index (κ2) is 12.5. The molecule has 1 heterocycles. The van der Waals surface area contributed by atoms with E-state index < -0.39 is 23.3 Å². The summed E-state index contributed by atoms with van der Waals surface area (Å²) < 4.78 is 12.4. The fourth-order valence-electron chi connectivity index (χ4n) is 4.13.